The van der Waals surface area contributed by atoms with Crippen LogP contribution in [0.2, 0.25) is 0 Å². The minimum Gasteiger partial charge on any atom is -0.305 e. The Morgan fingerprint density at radius 2 is 1.95 bits per heavy atom. The molecule has 0 amide bonds. The summed E-state index contributed by atoms with van der Waals surface area (Å²) in [4.78, 5) is 5.95. The van der Waals surface area contributed by atoms with E-state index >= 15 is 0 Å². The van der Waals surface area contributed by atoms with Crippen LogP contribution in [0.3, 0.4) is 0 Å². The van der Waals surface area contributed by atoms with Crippen molar-refractivity contribution in [3.05, 3.63) is 16.1 Å². The zero-order chi connectivity index (χ0) is 13.8. The highest BCUT2D eigenvalue weighted by Gasteiger charge is 2.24. The average Bonchev–Trinajstić information content (AvgIpc) is 2.88. The number of hydrogen-bond donors (Lipinski definition) is 1. The van der Waals surface area contributed by atoms with Crippen LogP contribution in [0.25, 0.3) is 0 Å². The molecule has 1 saturated carbocycles. The van der Waals surface area contributed by atoms with Crippen molar-refractivity contribution in [3.63, 3.8) is 0 Å². The van der Waals surface area contributed by atoms with E-state index in [-0.39, 0.29) is 0 Å². The fourth-order valence-electron chi connectivity index (χ4n) is 3.06. The Hall–Kier alpha value is -0.410. The molecular weight excluding hydrogens is 252 g/mol. The van der Waals surface area contributed by atoms with Gasteiger partial charge >= 0.3 is 0 Å². The van der Waals surface area contributed by atoms with Gasteiger partial charge in [0, 0.05) is 17.1 Å². The minimum absolute atomic E-state index is 0.408. The summed E-state index contributed by atoms with van der Waals surface area (Å²) in [6.07, 6.45) is 8.58. The Bertz CT molecular complexity index is 378. The average molecular weight is 280 g/mol. The minimum atomic E-state index is 0.408. The van der Waals surface area contributed by atoms with Crippen LogP contribution in [0.15, 0.2) is 6.20 Å². The molecule has 108 valence electrons. The van der Waals surface area contributed by atoms with Gasteiger partial charge in [-0.15, -0.1) is 11.3 Å². The summed E-state index contributed by atoms with van der Waals surface area (Å²) >= 11 is 1.86. The molecule has 0 radical (unpaired) electrons. The molecule has 0 saturated heterocycles. The van der Waals surface area contributed by atoms with Crippen molar-refractivity contribution in [1.82, 2.24) is 10.3 Å². The molecule has 2 nitrogen and oxygen atoms in total. The van der Waals surface area contributed by atoms with Crippen LogP contribution in [0.4, 0.5) is 0 Å². The maximum atomic E-state index is 4.55. The van der Waals surface area contributed by atoms with Gasteiger partial charge in [0.2, 0.25) is 0 Å². The molecule has 1 atom stereocenters. The van der Waals surface area contributed by atoms with Gasteiger partial charge in [0.15, 0.2) is 0 Å². The third-order valence-electron chi connectivity index (χ3n) is 4.49. The third kappa shape index (κ3) is 4.03. The van der Waals surface area contributed by atoms with Gasteiger partial charge in [-0.25, -0.2) is 4.98 Å². The van der Waals surface area contributed by atoms with E-state index in [1.54, 1.807) is 0 Å². The molecule has 1 aromatic rings. The van der Waals surface area contributed by atoms with Gasteiger partial charge < -0.3 is 5.32 Å². The van der Waals surface area contributed by atoms with Crippen LogP contribution in [-0.4, -0.2) is 11.0 Å². The highest BCUT2D eigenvalue weighted by Crippen LogP contribution is 2.31. The third-order valence-corrected chi connectivity index (χ3v) is 5.82. The summed E-state index contributed by atoms with van der Waals surface area (Å²) in [5.74, 6) is 1.80. The van der Waals surface area contributed by atoms with E-state index in [4.69, 9.17) is 0 Å². The topological polar surface area (TPSA) is 24.9 Å². The van der Waals surface area contributed by atoms with E-state index in [9.17, 15) is 0 Å². The fraction of sp³-hybridized carbons (Fsp3) is 0.812. The zero-order valence-corrected chi connectivity index (χ0v) is 13.6. The lowest BCUT2D eigenvalue weighted by Crippen LogP contribution is -2.35. The Labute approximate surface area is 122 Å². The highest BCUT2D eigenvalue weighted by molar-refractivity contribution is 7.11. The highest BCUT2D eigenvalue weighted by atomic mass is 32.1. The van der Waals surface area contributed by atoms with Crippen LogP contribution in [0.1, 0.15) is 69.3 Å². The zero-order valence-electron chi connectivity index (χ0n) is 12.8. The smallest absolute Gasteiger partial charge is 0.109 e. The van der Waals surface area contributed by atoms with Crippen molar-refractivity contribution in [1.29, 1.82) is 0 Å². The van der Waals surface area contributed by atoms with Gasteiger partial charge in [-0.05, 0) is 50.9 Å². The van der Waals surface area contributed by atoms with Crippen LogP contribution in [0, 0.1) is 11.8 Å². The maximum Gasteiger partial charge on any atom is 0.109 e. The van der Waals surface area contributed by atoms with Crippen LogP contribution in [0.5, 0.6) is 0 Å². The number of rotatable bonds is 5. The SMILES string of the molecule is CCc1cnc(C(C)NC2CCC(C(C)C)CC2)s1. The quantitative estimate of drug-likeness (QED) is 0.854. The number of nitrogens with zero attached hydrogens (tertiary/aromatic N) is 1. The maximum absolute atomic E-state index is 4.55. The lowest BCUT2D eigenvalue weighted by molar-refractivity contribution is 0.231. The number of thiazole rings is 1. The van der Waals surface area contributed by atoms with Crippen LogP contribution in [-0.2, 0) is 6.42 Å². The first kappa shape index (κ1) is 15.0. The lowest BCUT2D eigenvalue weighted by Gasteiger charge is -2.32. The predicted octanol–water partition coefficient (Wildman–Crippen LogP) is 4.57. The van der Waals surface area contributed by atoms with Gasteiger partial charge in [0.1, 0.15) is 5.01 Å². The second kappa shape index (κ2) is 6.85. The van der Waals surface area contributed by atoms with Crippen molar-refractivity contribution in [3.8, 4) is 0 Å². The molecule has 1 fully saturated rings. The summed E-state index contributed by atoms with van der Waals surface area (Å²) in [7, 11) is 0. The van der Waals surface area contributed by atoms with Crippen molar-refractivity contribution < 1.29 is 0 Å². The van der Waals surface area contributed by atoms with Gasteiger partial charge in [-0.1, -0.05) is 20.8 Å². The van der Waals surface area contributed by atoms with Gasteiger partial charge in [0.25, 0.3) is 0 Å². The molecule has 19 heavy (non-hydrogen) atoms. The first-order valence-electron chi connectivity index (χ1n) is 7.80. The molecule has 3 heteroatoms. The summed E-state index contributed by atoms with van der Waals surface area (Å²) in [5, 5.41) is 5.03. The number of aryl methyl sites for hydroxylation is 1. The first-order valence-corrected chi connectivity index (χ1v) is 8.62. The summed E-state index contributed by atoms with van der Waals surface area (Å²) in [6.45, 7) is 9.18. The summed E-state index contributed by atoms with van der Waals surface area (Å²) in [5.41, 5.74) is 0. The second-order valence-electron chi connectivity index (χ2n) is 6.26. The Morgan fingerprint density at radius 3 is 2.47 bits per heavy atom. The van der Waals surface area contributed by atoms with Crippen molar-refractivity contribution in [2.45, 2.75) is 71.9 Å². The molecule has 0 aliphatic heterocycles. The Morgan fingerprint density at radius 1 is 1.26 bits per heavy atom. The van der Waals surface area contributed by atoms with E-state index in [1.807, 2.05) is 17.5 Å². The number of nitrogens with one attached hydrogen (secondary N) is 1. The van der Waals surface area contributed by atoms with Crippen molar-refractivity contribution in [2.75, 3.05) is 0 Å². The molecular formula is C16H28N2S. The molecule has 0 spiro atoms. The van der Waals surface area contributed by atoms with Crippen LogP contribution < -0.4 is 5.32 Å². The van der Waals surface area contributed by atoms with Gasteiger partial charge in [0.05, 0.1) is 6.04 Å². The molecule has 1 unspecified atom stereocenters. The van der Waals surface area contributed by atoms with Crippen molar-refractivity contribution >= 4 is 11.3 Å². The van der Waals surface area contributed by atoms with E-state index in [2.05, 4.69) is 38.0 Å². The monoisotopic (exact) mass is 280 g/mol. The molecule has 1 N–H and O–H groups in total. The van der Waals surface area contributed by atoms with Gasteiger partial charge in [-0.3, -0.25) is 0 Å². The Kier molecular flexibility index (Phi) is 5.40. The fourth-order valence-corrected chi connectivity index (χ4v) is 3.93. The number of hydrogen-bond acceptors (Lipinski definition) is 3. The van der Waals surface area contributed by atoms with E-state index in [0.29, 0.717) is 12.1 Å². The molecule has 2 rings (SSSR count). The Balaban J connectivity index is 1.82. The molecule has 1 heterocycles. The molecule has 0 aromatic carbocycles. The molecule has 1 aromatic heterocycles. The summed E-state index contributed by atoms with van der Waals surface area (Å²) < 4.78 is 0. The van der Waals surface area contributed by atoms with Crippen molar-refractivity contribution in [2.24, 2.45) is 11.8 Å². The number of aromatic nitrogens is 1. The summed E-state index contributed by atoms with van der Waals surface area (Å²) in [6, 6.07) is 1.10. The van der Waals surface area contributed by atoms with Crippen LogP contribution >= 0.6 is 11.3 Å². The lowest BCUT2D eigenvalue weighted by atomic mass is 9.79. The van der Waals surface area contributed by atoms with E-state index < -0.39 is 0 Å². The van der Waals surface area contributed by atoms with E-state index in [0.717, 1.165) is 18.3 Å². The standard InChI is InChI=1S/C16H28N2S/c1-5-15-10-17-16(19-15)12(4)18-14-8-6-13(7-9-14)11(2)3/h10-14,18H,5-9H2,1-4H3. The largest absolute Gasteiger partial charge is 0.305 e. The van der Waals surface area contributed by atoms with E-state index in [1.165, 1.54) is 35.6 Å². The molecule has 1 aliphatic carbocycles. The molecule has 0 bridgehead atoms. The normalized spacial score (nSPS) is 25.7. The predicted molar refractivity (Wildman–Crippen MR) is 83.6 cm³/mol. The van der Waals surface area contributed by atoms with Gasteiger partial charge in [-0.2, -0.15) is 0 Å². The second-order valence-corrected chi connectivity index (χ2v) is 7.41. The first-order chi connectivity index (χ1) is 9.10. The molecule has 1 aliphatic rings.